The van der Waals surface area contributed by atoms with E-state index in [1.807, 2.05) is 18.2 Å². The summed E-state index contributed by atoms with van der Waals surface area (Å²) in [5.74, 6) is -0.428. The highest BCUT2D eigenvalue weighted by Gasteiger charge is 2.22. The van der Waals surface area contributed by atoms with E-state index in [-0.39, 0.29) is 29.4 Å². The maximum absolute atomic E-state index is 12.9. The molecule has 0 radical (unpaired) electrons. The first-order valence-electron chi connectivity index (χ1n) is 9.99. The Kier molecular flexibility index (Phi) is 5.31. The van der Waals surface area contributed by atoms with Gasteiger partial charge in [-0.05, 0) is 31.9 Å². The number of aryl methyl sites for hydroxylation is 1. The molecule has 1 aromatic heterocycles. The van der Waals surface area contributed by atoms with Crippen molar-refractivity contribution >= 4 is 22.4 Å². The number of nitro benzene ring substituents is 1. The van der Waals surface area contributed by atoms with Crippen LogP contribution in [0.2, 0.25) is 0 Å². The molecule has 1 heterocycles. The van der Waals surface area contributed by atoms with Crippen molar-refractivity contribution in [2.24, 2.45) is 0 Å². The summed E-state index contributed by atoms with van der Waals surface area (Å²) in [6, 6.07) is 11.7. The van der Waals surface area contributed by atoms with Crippen LogP contribution in [0.1, 0.15) is 53.3 Å². The number of amides is 1. The van der Waals surface area contributed by atoms with Gasteiger partial charge in [0.05, 0.1) is 28.6 Å². The lowest BCUT2D eigenvalue weighted by atomic mass is 10.1. The number of fused-ring (bicyclic) bond motifs is 1. The molecule has 154 valence electrons. The van der Waals surface area contributed by atoms with Crippen LogP contribution in [-0.2, 0) is 6.54 Å². The summed E-state index contributed by atoms with van der Waals surface area (Å²) in [5.41, 5.74) is 1.10. The SMILES string of the molecule is Cc1ccc(C(=O)NCc2nn(C3CCCC3)c(=O)c3ccccc23)cc1[N+](=O)[O-]. The average Bonchev–Trinajstić information content (AvgIpc) is 3.28. The fraction of sp³-hybridized carbons (Fsp3) is 0.318. The number of hydrogen-bond acceptors (Lipinski definition) is 5. The van der Waals surface area contributed by atoms with Crippen LogP contribution >= 0.6 is 0 Å². The number of nitro groups is 1. The minimum absolute atomic E-state index is 0.0799. The van der Waals surface area contributed by atoms with Gasteiger partial charge in [0.1, 0.15) is 0 Å². The molecule has 1 amide bonds. The van der Waals surface area contributed by atoms with Gasteiger partial charge in [-0.1, -0.05) is 37.1 Å². The van der Waals surface area contributed by atoms with Gasteiger partial charge in [-0.25, -0.2) is 4.68 Å². The van der Waals surface area contributed by atoms with Gasteiger partial charge in [-0.15, -0.1) is 0 Å². The Morgan fingerprint density at radius 2 is 1.90 bits per heavy atom. The van der Waals surface area contributed by atoms with Crippen molar-refractivity contribution in [3.05, 3.63) is 79.8 Å². The lowest BCUT2D eigenvalue weighted by Crippen LogP contribution is -2.30. The van der Waals surface area contributed by atoms with E-state index in [1.54, 1.807) is 29.8 Å². The second kappa shape index (κ2) is 8.06. The summed E-state index contributed by atoms with van der Waals surface area (Å²) < 4.78 is 1.56. The summed E-state index contributed by atoms with van der Waals surface area (Å²) >= 11 is 0. The Labute approximate surface area is 172 Å². The summed E-state index contributed by atoms with van der Waals surface area (Å²) in [5, 5.41) is 19.8. The second-order valence-corrected chi connectivity index (χ2v) is 7.62. The van der Waals surface area contributed by atoms with Gasteiger partial charge in [0.15, 0.2) is 0 Å². The lowest BCUT2D eigenvalue weighted by Gasteiger charge is -2.16. The predicted octanol–water partition coefficient (Wildman–Crippen LogP) is 3.66. The Balaban J connectivity index is 1.65. The zero-order valence-corrected chi connectivity index (χ0v) is 16.6. The topological polar surface area (TPSA) is 107 Å². The molecule has 1 fully saturated rings. The highest BCUT2D eigenvalue weighted by molar-refractivity contribution is 5.95. The molecule has 2 aromatic carbocycles. The maximum atomic E-state index is 12.9. The van der Waals surface area contributed by atoms with E-state index in [4.69, 9.17) is 0 Å². The molecular weight excluding hydrogens is 384 g/mol. The maximum Gasteiger partial charge on any atom is 0.274 e. The van der Waals surface area contributed by atoms with Crippen LogP contribution < -0.4 is 10.9 Å². The third kappa shape index (κ3) is 3.68. The fourth-order valence-corrected chi connectivity index (χ4v) is 4.01. The molecule has 8 nitrogen and oxygen atoms in total. The molecular formula is C22H22N4O4. The average molecular weight is 406 g/mol. The number of hydrogen-bond donors (Lipinski definition) is 1. The number of benzene rings is 2. The van der Waals surface area contributed by atoms with E-state index in [1.165, 1.54) is 6.07 Å². The van der Waals surface area contributed by atoms with Crippen LogP contribution in [-0.4, -0.2) is 20.6 Å². The molecule has 8 heteroatoms. The number of carbonyl (C=O) groups is 1. The van der Waals surface area contributed by atoms with Crippen LogP contribution in [0.3, 0.4) is 0 Å². The standard InChI is InChI=1S/C22H22N4O4/c1-14-10-11-15(12-20(14)26(29)30)21(27)23-13-19-17-8-4-5-9-18(17)22(28)25(24-19)16-6-2-3-7-16/h4-5,8-12,16H,2-3,6-7,13H2,1H3,(H,23,27). The van der Waals surface area contributed by atoms with E-state index >= 15 is 0 Å². The third-order valence-electron chi connectivity index (χ3n) is 5.66. The normalized spacial score (nSPS) is 14.2. The summed E-state index contributed by atoms with van der Waals surface area (Å²) in [6.45, 7) is 1.75. The highest BCUT2D eigenvalue weighted by Crippen LogP contribution is 2.28. The number of nitrogens with one attached hydrogen (secondary N) is 1. The van der Waals surface area contributed by atoms with Gasteiger partial charge in [-0.2, -0.15) is 5.10 Å². The first-order valence-corrected chi connectivity index (χ1v) is 9.99. The minimum Gasteiger partial charge on any atom is -0.346 e. The molecule has 0 atom stereocenters. The van der Waals surface area contributed by atoms with Gasteiger partial charge >= 0.3 is 0 Å². The van der Waals surface area contributed by atoms with Gasteiger partial charge < -0.3 is 5.32 Å². The highest BCUT2D eigenvalue weighted by atomic mass is 16.6. The lowest BCUT2D eigenvalue weighted by molar-refractivity contribution is -0.385. The summed E-state index contributed by atoms with van der Waals surface area (Å²) in [4.78, 5) is 36.2. The Hall–Kier alpha value is -3.55. The van der Waals surface area contributed by atoms with Crippen molar-refractivity contribution in [3.63, 3.8) is 0 Å². The Morgan fingerprint density at radius 1 is 1.20 bits per heavy atom. The molecule has 1 saturated carbocycles. The van der Waals surface area contributed by atoms with Gasteiger partial charge in [0, 0.05) is 22.6 Å². The predicted molar refractivity (Wildman–Crippen MR) is 113 cm³/mol. The number of nitrogens with zero attached hydrogens (tertiary/aromatic N) is 3. The smallest absolute Gasteiger partial charge is 0.274 e. The van der Waals surface area contributed by atoms with Gasteiger partial charge in [0.2, 0.25) is 0 Å². The largest absolute Gasteiger partial charge is 0.346 e. The molecule has 0 saturated heterocycles. The van der Waals surface area contributed by atoms with Crippen molar-refractivity contribution in [1.82, 2.24) is 15.1 Å². The summed E-state index contributed by atoms with van der Waals surface area (Å²) in [7, 11) is 0. The number of carbonyl (C=O) groups excluding carboxylic acids is 1. The van der Waals surface area contributed by atoms with E-state index in [0.29, 0.717) is 22.0 Å². The van der Waals surface area contributed by atoms with Crippen LogP contribution in [0.5, 0.6) is 0 Å². The third-order valence-corrected chi connectivity index (χ3v) is 5.66. The van der Waals surface area contributed by atoms with Crippen molar-refractivity contribution in [3.8, 4) is 0 Å². The second-order valence-electron chi connectivity index (χ2n) is 7.62. The molecule has 0 aliphatic heterocycles. The van der Waals surface area contributed by atoms with Crippen molar-refractivity contribution in [2.45, 2.75) is 45.2 Å². The van der Waals surface area contributed by atoms with Crippen LogP contribution in [0.4, 0.5) is 5.69 Å². The van der Waals surface area contributed by atoms with Crippen LogP contribution in [0.25, 0.3) is 10.8 Å². The molecule has 0 bridgehead atoms. The van der Waals surface area contributed by atoms with Crippen LogP contribution in [0, 0.1) is 17.0 Å². The monoisotopic (exact) mass is 406 g/mol. The Morgan fingerprint density at radius 3 is 2.60 bits per heavy atom. The van der Waals surface area contributed by atoms with Gasteiger partial charge in [-0.3, -0.25) is 19.7 Å². The van der Waals surface area contributed by atoms with Crippen molar-refractivity contribution in [1.29, 1.82) is 0 Å². The van der Waals surface area contributed by atoms with E-state index in [0.717, 1.165) is 25.7 Å². The first kappa shape index (κ1) is 19.8. The quantitative estimate of drug-likeness (QED) is 0.514. The zero-order chi connectivity index (χ0) is 21.3. The summed E-state index contributed by atoms with van der Waals surface area (Å²) in [6.07, 6.45) is 3.99. The molecule has 3 aromatic rings. The molecule has 1 N–H and O–H groups in total. The number of aromatic nitrogens is 2. The molecule has 0 unspecified atom stereocenters. The van der Waals surface area contributed by atoms with E-state index in [9.17, 15) is 19.7 Å². The zero-order valence-electron chi connectivity index (χ0n) is 16.6. The molecule has 1 aliphatic rings. The van der Waals surface area contributed by atoms with E-state index in [2.05, 4.69) is 10.4 Å². The molecule has 1 aliphatic carbocycles. The van der Waals surface area contributed by atoms with Gasteiger partial charge in [0.25, 0.3) is 17.2 Å². The number of rotatable bonds is 5. The molecule has 0 spiro atoms. The van der Waals surface area contributed by atoms with Crippen molar-refractivity contribution < 1.29 is 9.72 Å². The Bertz CT molecular complexity index is 1200. The first-order chi connectivity index (χ1) is 14.5. The molecule has 30 heavy (non-hydrogen) atoms. The van der Waals surface area contributed by atoms with Crippen molar-refractivity contribution in [2.75, 3.05) is 0 Å². The fourth-order valence-electron chi connectivity index (χ4n) is 4.01. The van der Waals surface area contributed by atoms with Crippen LogP contribution in [0.15, 0.2) is 47.3 Å². The minimum atomic E-state index is -0.501. The molecule has 4 rings (SSSR count). The van der Waals surface area contributed by atoms with E-state index < -0.39 is 10.8 Å².